The molecule has 1 N–H and O–H groups in total. The van der Waals surface area contributed by atoms with E-state index in [1.807, 2.05) is 38.1 Å². The topological polar surface area (TPSA) is 58.6 Å². The highest BCUT2D eigenvalue weighted by Crippen LogP contribution is 2.26. The summed E-state index contributed by atoms with van der Waals surface area (Å²) >= 11 is 0. The zero-order chi connectivity index (χ0) is 22.1. The number of ether oxygens (including phenoxy) is 1. The maximum absolute atomic E-state index is 13.3. The van der Waals surface area contributed by atoms with Crippen molar-refractivity contribution in [3.05, 3.63) is 65.5 Å². The molecule has 0 saturated carbocycles. The lowest BCUT2D eigenvalue weighted by Crippen LogP contribution is -2.50. The van der Waals surface area contributed by atoms with Crippen LogP contribution in [-0.2, 0) is 16.1 Å². The molecule has 2 amide bonds. The zero-order valence-electron chi connectivity index (χ0n) is 18.2. The molecule has 162 valence electrons. The van der Waals surface area contributed by atoms with E-state index >= 15 is 0 Å². The summed E-state index contributed by atoms with van der Waals surface area (Å²) in [5.74, 6) is 0.0639. The number of nitrogens with zero attached hydrogens (tertiary/aromatic N) is 1. The van der Waals surface area contributed by atoms with Crippen LogP contribution < -0.4 is 10.1 Å². The third-order valence-electron chi connectivity index (χ3n) is 4.90. The van der Waals surface area contributed by atoms with Gasteiger partial charge in [-0.05, 0) is 48.6 Å². The Morgan fingerprint density at radius 2 is 1.73 bits per heavy atom. The largest absolute Gasteiger partial charge is 0.483 e. The molecule has 2 aromatic carbocycles. The number of benzene rings is 2. The van der Waals surface area contributed by atoms with Gasteiger partial charge in [-0.2, -0.15) is 0 Å². The second-order valence-electron chi connectivity index (χ2n) is 7.45. The number of para-hydroxylation sites is 1. The Labute approximate surface area is 178 Å². The lowest BCUT2D eigenvalue weighted by atomic mass is 10.0. The number of likely N-dealkylation sites (N-methyl/N-ethyl adjacent to an activating group) is 1. The van der Waals surface area contributed by atoms with Crippen molar-refractivity contribution in [2.24, 2.45) is 0 Å². The van der Waals surface area contributed by atoms with Gasteiger partial charge < -0.3 is 15.0 Å². The van der Waals surface area contributed by atoms with E-state index in [2.05, 4.69) is 19.2 Å². The number of hydrogen-bond acceptors (Lipinski definition) is 3. The molecular formula is C24H31FN2O3. The minimum absolute atomic E-state index is 0.180. The lowest BCUT2D eigenvalue weighted by Gasteiger charge is -2.30. The average molecular weight is 415 g/mol. The highest BCUT2D eigenvalue weighted by atomic mass is 19.1. The van der Waals surface area contributed by atoms with Crippen LogP contribution in [0.25, 0.3) is 0 Å². The Hall–Kier alpha value is -2.89. The number of hydrogen-bond donors (Lipinski definition) is 1. The van der Waals surface area contributed by atoms with E-state index in [0.717, 1.165) is 11.1 Å². The fourth-order valence-corrected chi connectivity index (χ4v) is 3.31. The molecule has 0 aliphatic heterocycles. The Morgan fingerprint density at radius 3 is 2.33 bits per heavy atom. The van der Waals surface area contributed by atoms with Gasteiger partial charge in [0, 0.05) is 13.1 Å². The zero-order valence-corrected chi connectivity index (χ0v) is 18.2. The number of halogens is 1. The predicted octanol–water partition coefficient (Wildman–Crippen LogP) is 4.27. The van der Waals surface area contributed by atoms with Gasteiger partial charge >= 0.3 is 0 Å². The van der Waals surface area contributed by atoms with Crippen molar-refractivity contribution in [3.63, 3.8) is 0 Å². The van der Waals surface area contributed by atoms with E-state index in [0.29, 0.717) is 18.7 Å². The first-order valence-corrected chi connectivity index (χ1v) is 10.4. The molecule has 6 heteroatoms. The first-order valence-electron chi connectivity index (χ1n) is 10.4. The normalized spacial score (nSPS) is 11.8. The molecule has 0 saturated heterocycles. The summed E-state index contributed by atoms with van der Waals surface area (Å²) in [5, 5.41) is 2.79. The van der Waals surface area contributed by atoms with Gasteiger partial charge in [-0.25, -0.2) is 4.39 Å². The third kappa shape index (κ3) is 6.31. The molecule has 0 heterocycles. The number of carbonyl (C=O) groups is 2. The van der Waals surface area contributed by atoms with Gasteiger partial charge in [-0.1, -0.05) is 51.1 Å². The lowest BCUT2D eigenvalue weighted by molar-refractivity contribution is -0.142. The third-order valence-corrected chi connectivity index (χ3v) is 4.90. The Kier molecular flexibility index (Phi) is 8.84. The van der Waals surface area contributed by atoms with Gasteiger partial charge in [-0.15, -0.1) is 0 Å². The van der Waals surface area contributed by atoms with Crippen LogP contribution in [0.5, 0.6) is 5.75 Å². The van der Waals surface area contributed by atoms with Crippen LogP contribution in [-0.4, -0.2) is 35.9 Å². The molecule has 2 aromatic rings. The fourth-order valence-electron chi connectivity index (χ4n) is 3.31. The molecule has 0 radical (unpaired) electrons. The summed E-state index contributed by atoms with van der Waals surface area (Å²) in [6, 6.07) is 12.9. The van der Waals surface area contributed by atoms with Crippen LogP contribution >= 0.6 is 0 Å². The molecule has 0 fully saturated rings. The molecule has 1 atom stereocenters. The summed E-state index contributed by atoms with van der Waals surface area (Å²) in [6.07, 6.45) is 0.460. The van der Waals surface area contributed by atoms with Gasteiger partial charge in [-0.3, -0.25) is 9.59 Å². The van der Waals surface area contributed by atoms with Crippen molar-refractivity contribution in [2.45, 2.75) is 52.6 Å². The monoisotopic (exact) mass is 414 g/mol. The SMILES string of the molecule is CCNC(=O)[C@@H](CC)N(Cc1ccc(F)cc1)C(=O)COc1ccccc1C(C)C. The van der Waals surface area contributed by atoms with Crippen molar-refractivity contribution in [2.75, 3.05) is 13.2 Å². The van der Waals surface area contributed by atoms with Crippen molar-refractivity contribution in [3.8, 4) is 5.75 Å². The Bertz CT molecular complexity index is 837. The molecule has 0 aromatic heterocycles. The van der Waals surface area contributed by atoms with E-state index in [-0.39, 0.29) is 36.7 Å². The van der Waals surface area contributed by atoms with Crippen LogP contribution in [0.15, 0.2) is 48.5 Å². The molecule has 0 aliphatic rings. The van der Waals surface area contributed by atoms with Crippen LogP contribution in [0.4, 0.5) is 4.39 Å². The second kappa shape index (κ2) is 11.3. The van der Waals surface area contributed by atoms with Crippen molar-refractivity contribution < 1.29 is 18.7 Å². The maximum Gasteiger partial charge on any atom is 0.261 e. The van der Waals surface area contributed by atoms with E-state index < -0.39 is 6.04 Å². The smallest absolute Gasteiger partial charge is 0.261 e. The highest BCUT2D eigenvalue weighted by molar-refractivity contribution is 5.88. The molecular weight excluding hydrogens is 383 g/mol. The number of amides is 2. The van der Waals surface area contributed by atoms with Crippen LogP contribution in [0.1, 0.15) is 51.2 Å². The summed E-state index contributed by atoms with van der Waals surface area (Å²) < 4.78 is 19.1. The van der Waals surface area contributed by atoms with E-state index in [1.54, 1.807) is 12.1 Å². The van der Waals surface area contributed by atoms with E-state index in [9.17, 15) is 14.0 Å². The minimum atomic E-state index is -0.633. The minimum Gasteiger partial charge on any atom is -0.483 e. The van der Waals surface area contributed by atoms with Gasteiger partial charge in [0.05, 0.1) is 0 Å². The van der Waals surface area contributed by atoms with Crippen molar-refractivity contribution in [1.29, 1.82) is 0 Å². The molecule has 2 rings (SSSR count). The summed E-state index contributed by atoms with van der Waals surface area (Å²) in [7, 11) is 0. The summed E-state index contributed by atoms with van der Waals surface area (Å²) in [4.78, 5) is 27.2. The van der Waals surface area contributed by atoms with Gasteiger partial charge in [0.1, 0.15) is 17.6 Å². The first kappa shape index (κ1) is 23.4. The fraction of sp³-hybridized carbons (Fsp3) is 0.417. The summed E-state index contributed by atoms with van der Waals surface area (Å²) in [6.45, 7) is 8.32. The van der Waals surface area contributed by atoms with Crippen molar-refractivity contribution >= 4 is 11.8 Å². The number of nitrogens with one attached hydrogen (secondary N) is 1. The van der Waals surface area contributed by atoms with E-state index in [4.69, 9.17) is 4.74 Å². The molecule has 0 unspecified atom stereocenters. The van der Waals surface area contributed by atoms with Crippen molar-refractivity contribution in [1.82, 2.24) is 10.2 Å². The number of carbonyl (C=O) groups excluding carboxylic acids is 2. The predicted molar refractivity (Wildman–Crippen MR) is 116 cm³/mol. The molecule has 5 nitrogen and oxygen atoms in total. The van der Waals surface area contributed by atoms with Gasteiger partial charge in [0.2, 0.25) is 5.91 Å². The van der Waals surface area contributed by atoms with E-state index in [1.165, 1.54) is 17.0 Å². The molecule has 0 aliphatic carbocycles. The standard InChI is InChI=1S/C24H31FN2O3/c1-5-21(24(29)26-6-2)27(15-18-11-13-19(25)14-12-18)23(28)16-30-22-10-8-7-9-20(22)17(3)4/h7-14,17,21H,5-6,15-16H2,1-4H3,(H,26,29)/t21-/m1/s1. The van der Waals surface area contributed by atoms with Gasteiger partial charge in [0.25, 0.3) is 5.91 Å². The molecule has 0 spiro atoms. The number of rotatable bonds is 10. The van der Waals surface area contributed by atoms with Crippen LogP contribution in [0, 0.1) is 5.82 Å². The quantitative estimate of drug-likeness (QED) is 0.632. The van der Waals surface area contributed by atoms with Crippen LogP contribution in [0.2, 0.25) is 0 Å². The van der Waals surface area contributed by atoms with Crippen LogP contribution in [0.3, 0.4) is 0 Å². The Morgan fingerprint density at radius 1 is 1.07 bits per heavy atom. The average Bonchev–Trinajstić information content (AvgIpc) is 2.73. The maximum atomic E-state index is 13.3. The summed E-state index contributed by atoms with van der Waals surface area (Å²) in [5.41, 5.74) is 1.77. The molecule has 0 bridgehead atoms. The highest BCUT2D eigenvalue weighted by Gasteiger charge is 2.28. The van der Waals surface area contributed by atoms with Gasteiger partial charge in [0.15, 0.2) is 6.61 Å². The first-order chi connectivity index (χ1) is 14.4. The Balaban J connectivity index is 2.22. The molecule has 30 heavy (non-hydrogen) atoms. The second-order valence-corrected chi connectivity index (χ2v) is 7.45.